The number of Topliss-reactive ketones (excluding diaryl/α,β-unsaturated/α-hetero) is 1. The van der Waals surface area contributed by atoms with Crippen molar-refractivity contribution in [1.29, 1.82) is 0 Å². The first-order chi connectivity index (χ1) is 22.1. The molecule has 1 amide bonds. The fraction of sp³-hybridized carbons (Fsp3) is 0.371. The van der Waals surface area contributed by atoms with Crippen LogP contribution in [0.25, 0.3) is 0 Å². The van der Waals surface area contributed by atoms with Crippen LogP contribution in [0.2, 0.25) is 0 Å². The molecule has 0 spiro atoms. The van der Waals surface area contributed by atoms with Crippen molar-refractivity contribution in [2.24, 2.45) is 5.41 Å². The Balaban J connectivity index is 1.16. The molecule has 0 radical (unpaired) electrons. The van der Waals surface area contributed by atoms with Crippen LogP contribution in [0.15, 0.2) is 78.0 Å². The van der Waals surface area contributed by atoms with E-state index in [0.717, 1.165) is 59.3 Å². The van der Waals surface area contributed by atoms with Crippen molar-refractivity contribution in [3.05, 3.63) is 99.2 Å². The second kappa shape index (κ2) is 11.8. The number of rotatable bonds is 6. The average molecular weight is 624 g/mol. The number of allylic oxidation sites excluding steroid dienone is 1. The summed E-state index contributed by atoms with van der Waals surface area (Å²) in [5.74, 6) is 1.51. The molecule has 0 saturated carbocycles. The number of carbonyl (C=O) groups excluding carboxylic acids is 2. The van der Waals surface area contributed by atoms with Crippen LogP contribution >= 0.6 is 0 Å². The monoisotopic (exact) mass is 623 g/mol. The number of nitrogens with zero attached hydrogens (tertiary/aromatic N) is 4. The first-order valence-electron chi connectivity index (χ1n) is 15.7. The summed E-state index contributed by atoms with van der Waals surface area (Å²) in [5, 5.41) is 15.0. The van der Waals surface area contributed by atoms with Gasteiger partial charge in [0.1, 0.15) is 0 Å². The number of nitro benzene ring substituents is 1. The van der Waals surface area contributed by atoms with Gasteiger partial charge in [-0.25, -0.2) is 0 Å². The number of anilines is 2. The fourth-order valence-electron chi connectivity index (χ4n) is 7.05. The molecule has 0 aromatic heterocycles. The number of hydrogen-bond donors (Lipinski definition) is 1. The van der Waals surface area contributed by atoms with E-state index in [-0.39, 0.29) is 36.1 Å². The maximum Gasteiger partial charge on any atom is 0.269 e. The Morgan fingerprint density at radius 3 is 2.48 bits per heavy atom. The van der Waals surface area contributed by atoms with Gasteiger partial charge in [0.25, 0.3) is 5.69 Å². The lowest BCUT2D eigenvalue weighted by Crippen LogP contribution is -2.51. The van der Waals surface area contributed by atoms with E-state index in [1.807, 2.05) is 52.3 Å². The summed E-state index contributed by atoms with van der Waals surface area (Å²) < 4.78 is 11.0. The number of nitrogens with one attached hydrogen (secondary N) is 1. The van der Waals surface area contributed by atoms with Crippen molar-refractivity contribution in [2.75, 3.05) is 49.7 Å². The number of ketones is 1. The summed E-state index contributed by atoms with van der Waals surface area (Å²) in [6.07, 6.45) is 1.04. The number of carbonyl (C=O) groups is 2. The lowest BCUT2D eigenvalue weighted by atomic mass is 9.73. The summed E-state index contributed by atoms with van der Waals surface area (Å²) in [4.78, 5) is 45.3. The smallest absolute Gasteiger partial charge is 0.269 e. The zero-order valence-electron chi connectivity index (χ0n) is 26.0. The van der Waals surface area contributed by atoms with E-state index in [4.69, 9.17) is 9.47 Å². The molecule has 1 fully saturated rings. The van der Waals surface area contributed by atoms with E-state index in [1.165, 1.54) is 12.1 Å². The Morgan fingerprint density at radius 2 is 1.72 bits per heavy atom. The lowest BCUT2D eigenvalue weighted by Gasteiger charge is -2.40. The summed E-state index contributed by atoms with van der Waals surface area (Å²) >= 11 is 0. The van der Waals surface area contributed by atoms with E-state index >= 15 is 0 Å². The van der Waals surface area contributed by atoms with Gasteiger partial charge in [0.2, 0.25) is 12.7 Å². The lowest BCUT2D eigenvalue weighted by molar-refractivity contribution is -0.384. The van der Waals surface area contributed by atoms with Gasteiger partial charge >= 0.3 is 0 Å². The molecule has 1 N–H and O–H groups in total. The van der Waals surface area contributed by atoms with Gasteiger partial charge in [0.05, 0.1) is 28.9 Å². The van der Waals surface area contributed by atoms with Crippen molar-refractivity contribution in [3.8, 4) is 11.5 Å². The number of nitro groups is 1. The molecule has 3 aromatic rings. The maximum absolute atomic E-state index is 14.1. The molecule has 0 bridgehead atoms. The Hall–Kier alpha value is -4.90. The van der Waals surface area contributed by atoms with Crippen molar-refractivity contribution < 1.29 is 24.0 Å². The molecule has 3 aromatic carbocycles. The molecule has 11 heteroatoms. The predicted molar refractivity (Wildman–Crippen MR) is 173 cm³/mol. The number of para-hydroxylation sites is 2. The standard InChI is InChI=1S/C35H37N5O6/c1-35(2)18-27-33(29(41)19-35)34(24-8-10-25(11-9-24)40(43)44)39(28-6-4-3-5-26(28)36-27)21-32(42)38-15-13-37(14-16-38)20-23-7-12-30-31(17-23)46-22-45-30/h3-12,17,34,36H,13-16,18-22H2,1-2H3. The number of fused-ring (bicyclic) bond motifs is 2. The highest BCUT2D eigenvalue weighted by Gasteiger charge is 2.42. The highest BCUT2D eigenvalue weighted by atomic mass is 16.7. The summed E-state index contributed by atoms with van der Waals surface area (Å²) in [6, 6.07) is 19.6. The average Bonchev–Trinajstić information content (AvgIpc) is 3.45. The molecule has 3 aliphatic heterocycles. The quantitative estimate of drug-likeness (QED) is 0.289. The number of amides is 1. The zero-order valence-corrected chi connectivity index (χ0v) is 26.0. The minimum atomic E-state index is -0.591. The van der Waals surface area contributed by atoms with Crippen molar-refractivity contribution in [1.82, 2.24) is 9.80 Å². The molecular weight excluding hydrogens is 586 g/mol. The van der Waals surface area contributed by atoms with Gasteiger partial charge in [-0.1, -0.05) is 32.0 Å². The summed E-state index contributed by atoms with van der Waals surface area (Å²) in [6.45, 7) is 7.84. The van der Waals surface area contributed by atoms with Gasteiger partial charge in [-0.3, -0.25) is 24.6 Å². The van der Waals surface area contributed by atoms with Gasteiger partial charge in [0, 0.05) is 62.5 Å². The van der Waals surface area contributed by atoms with Crippen LogP contribution in [-0.2, 0) is 16.1 Å². The Labute approximate surface area is 267 Å². The minimum absolute atomic E-state index is 0.0180. The van der Waals surface area contributed by atoms with Crippen LogP contribution in [0.4, 0.5) is 17.1 Å². The van der Waals surface area contributed by atoms with E-state index in [0.29, 0.717) is 31.5 Å². The minimum Gasteiger partial charge on any atom is -0.454 e. The van der Waals surface area contributed by atoms with Crippen molar-refractivity contribution >= 4 is 28.8 Å². The third kappa shape index (κ3) is 5.78. The second-order valence-corrected chi connectivity index (χ2v) is 13.2. The highest BCUT2D eigenvalue weighted by Crippen LogP contribution is 2.48. The number of ether oxygens (including phenoxy) is 2. The van der Waals surface area contributed by atoms with Crippen LogP contribution < -0.4 is 19.7 Å². The third-order valence-corrected chi connectivity index (χ3v) is 9.30. The van der Waals surface area contributed by atoms with Crippen LogP contribution in [0.5, 0.6) is 11.5 Å². The second-order valence-electron chi connectivity index (χ2n) is 13.2. The topological polar surface area (TPSA) is 117 Å². The summed E-state index contributed by atoms with van der Waals surface area (Å²) in [5.41, 5.74) is 4.69. The van der Waals surface area contributed by atoms with Crippen LogP contribution in [0.1, 0.15) is 43.9 Å². The molecule has 3 heterocycles. The molecular formula is C35H37N5O6. The Morgan fingerprint density at radius 1 is 0.978 bits per heavy atom. The van der Waals surface area contributed by atoms with E-state index in [9.17, 15) is 19.7 Å². The number of piperazine rings is 1. The van der Waals surface area contributed by atoms with Crippen molar-refractivity contribution in [3.63, 3.8) is 0 Å². The van der Waals surface area contributed by atoms with E-state index in [1.54, 1.807) is 12.1 Å². The van der Waals surface area contributed by atoms with Gasteiger partial charge in [-0.2, -0.15) is 0 Å². The predicted octanol–water partition coefficient (Wildman–Crippen LogP) is 5.28. The van der Waals surface area contributed by atoms with Gasteiger partial charge in [-0.15, -0.1) is 0 Å². The van der Waals surface area contributed by atoms with Crippen LogP contribution in [0, 0.1) is 15.5 Å². The number of hydrogen-bond acceptors (Lipinski definition) is 9. The maximum atomic E-state index is 14.1. The normalized spacial score (nSPS) is 20.5. The SMILES string of the molecule is CC1(C)CC(=O)C2=C(C1)Nc1ccccc1N(CC(=O)N1CCN(Cc3ccc4c(c3)OCO4)CC1)C2c1ccc([N+](=O)[O-])cc1. The highest BCUT2D eigenvalue weighted by molar-refractivity contribution is 6.02. The molecule has 46 heavy (non-hydrogen) atoms. The van der Waals surface area contributed by atoms with E-state index in [2.05, 4.69) is 24.1 Å². The molecule has 1 aliphatic carbocycles. The molecule has 238 valence electrons. The molecule has 11 nitrogen and oxygen atoms in total. The van der Waals surface area contributed by atoms with Gasteiger partial charge in [-0.05, 0) is 59.4 Å². The Kier molecular flexibility index (Phi) is 7.64. The summed E-state index contributed by atoms with van der Waals surface area (Å²) in [7, 11) is 0. The largest absolute Gasteiger partial charge is 0.454 e. The first-order valence-corrected chi connectivity index (χ1v) is 15.7. The van der Waals surface area contributed by atoms with Crippen LogP contribution in [0.3, 0.4) is 0 Å². The zero-order chi connectivity index (χ0) is 32.0. The molecule has 1 saturated heterocycles. The molecule has 1 atom stereocenters. The fourth-order valence-corrected chi connectivity index (χ4v) is 7.05. The van der Waals surface area contributed by atoms with Gasteiger partial charge < -0.3 is 24.6 Å². The third-order valence-electron chi connectivity index (χ3n) is 9.30. The first kappa shape index (κ1) is 29.8. The van der Waals surface area contributed by atoms with E-state index < -0.39 is 11.0 Å². The van der Waals surface area contributed by atoms with Gasteiger partial charge in [0.15, 0.2) is 17.3 Å². The molecule has 7 rings (SSSR count). The number of benzene rings is 3. The van der Waals surface area contributed by atoms with Crippen molar-refractivity contribution in [2.45, 2.75) is 39.3 Å². The molecule has 4 aliphatic rings. The Bertz CT molecular complexity index is 1730. The van der Waals surface area contributed by atoms with Crippen LogP contribution in [-0.4, -0.2) is 65.9 Å². The molecule has 1 unspecified atom stereocenters. The number of non-ortho nitro benzene ring substituents is 1.